The van der Waals surface area contributed by atoms with Crippen LogP contribution in [0.2, 0.25) is 0 Å². The third kappa shape index (κ3) is 4.51. The van der Waals surface area contributed by atoms with Gasteiger partial charge in [0.25, 0.3) is 0 Å². The molecule has 0 heterocycles. The Morgan fingerprint density at radius 3 is 2.25 bits per heavy atom. The zero-order valence-corrected chi connectivity index (χ0v) is 7.11. The summed E-state index contributed by atoms with van der Waals surface area (Å²) in [6.07, 6.45) is 23.5. The molecule has 0 amide bonds. The highest BCUT2D eigenvalue weighted by Gasteiger charge is 1.72. The van der Waals surface area contributed by atoms with Gasteiger partial charge in [0.2, 0.25) is 0 Å². The molecule has 0 spiro atoms. The average molecular weight is 157 g/mol. The van der Waals surface area contributed by atoms with Gasteiger partial charge >= 0.3 is 0 Å². The fourth-order valence-corrected chi connectivity index (χ4v) is 0.865. The predicted molar refractivity (Wildman–Crippen MR) is 53.6 cm³/mol. The average Bonchev–Trinajstić information content (AvgIpc) is 2.05. The monoisotopic (exact) mass is 157 g/mol. The Bertz CT molecular complexity index is 211. The molecule has 0 unspecified atom stereocenters. The summed E-state index contributed by atoms with van der Waals surface area (Å²) in [5.41, 5.74) is 0. The van der Waals surface area contributed by atoms with Crippen LogP contribution >= 0.6 is 0 Å². The predicted octanol–water partition coefficient (Wildman–Crippen LogP) is 3.36. The van der Waals surface area contributed by atoms with Crippen LogP contribution in [0.4, 0.5) is 0 Å². The molecule has 0 aliphatic heterocycles. The Morgan fingerprint density at radius 2 is 1.42 bits per heavy atom. The summed E-state index contributed by atoms with van der Waals surface area (Å²) in [5, 5.41) is 0. The molecule has 1 radical (unpaired) electrons. The van der Waals surface area contributed by atoms with Gasteiger partial charge in [0, 0.05) is 0 Å². The fraction of sp³-hybridized carbons (Fsp3) is 0.167. The molecule has 0 saturated heterocycles. The van der Waals surface area contributed by atoms with Crippen LogP contribution in [0.25, 0.3) is 0 Å². The highest BCUT2D eigenvalue weighted by atomic mass is 13.8. The van der Waals surface area contributed by atoms with Gasteiger partial charge in [0.1, 0.15) is 0 Å². The summed E-state index contributed by atoms with van der Waals surface area (Å²) in [7, 11) is 0. The largest absolute Gasteiger partial charge is 0.0808 e. The van der Waals surface area contributed by atoms with Crippen molar-refractivity contribution in [2.45, 2.75) is 12.8 Å². The summed E-state index contributed by atoms with van der Waals surface area (Å²) in [5.74, 6) is 0. The third-order valence-corrected chi connectivity index (χ3v) is 1.47. The van der Waals surface area contributed by atoms with Crippen molar-refractivity contribution < 1.29 is 0 Å². The minimum absolute atomic E-state index is 0.981. The molecule has 0 heteroatoms. The summed E-state index contributed by atoms with van der Waals surface area (Å²) >= 11 is 0. The minimum Gasteiger partial charge on any atom is -0.0808 e. The lowest BCUT2D eigenvalue weighted by atomic mass is 10.2. The van der Waals surface area contributed by atoms with Gasteiger partial charge < -0.3 is 0 Å². The van der Waals surface area contributed by atoms with E-state index in [1.54, 1.807) is 0 Å². The smallest absolute Gasteiger partial charge is 0.0163 e. The van der Waals surface area contributed by atoms with Crippen LogP contribution in [0, 0.1) is 6.08 Å². The molecule has 1 aliphatic carbocycles. The lowest BCUT2D eigenvalue weighted by molar-refractivity contribution is 1.36. The SMILES string of the molecule is [C]1=C/C=C\C/C=C/C=C\C\C=C/1. The van der Waals surface area contributed by atoms with E-state index >= 15 is 0 Å². The van der Waals surface area contributed by atoms with Crippen LogP contribution < -0.4 is 0 Å². The molecule has 0 saturated carbocycles. The Labute approximate surface area is 74.3 Å². The molecule has 1 aliphatic rings. The van der Waals surface area contributed by atoms with Crippen molar-refractivity contribution in [1.82, 2.24) is 0 Å². The molecule has 0 fully saturated rings. The summed E-state index contributed by atoms with van der Waals surface area (Å²) in [6, 6.07) is 0. The maximum atomic E-state index is 3.05. The molecule has 1 rings (SSSR count). The van der Waals surface area contributed by atoms with Crippen molar-refractivity contribution in [2.24, 2.45) is 0 Å². The van der Waals surface area contributed by atoms with Crippen LogP contribution in [0.15, 0.2) is 54.7 Å². The molecule has 0 aromatic carbocycles. The van der Waals surface area contributed by atoms with Crippen LogP contribution in [0.1, 0.15) is 12.8 Å². The van der Waals surface area contributed by atoms with Gasteiger partial charge in [-0.25, -0.2) is 0 Å². The first kappa shape index (κ1) is 8.79. The van der Waals surface area contributed by atoms with Crippen LogP contribution in [-0.4, -0.2) is 0 Å². The van der Waals surface area contributed by atoms with Crippen molar-refractivity contribution in [1.29, 1.82) is 0 Å². The second-order valence-electron chi connectivity index (χ2n) is 2.49. The highest BCUT2D eigenvalue weighted by molar-refractivity contribution is 5.12. The number of hydrogen-bond acceptors (Lipinski definition) is 0. The van der Waals surface area contributed by atoms with Gasteiger partial charge in [-0.05, 0) is 18.9 Å². The van der Waals surface area contributed by atoms with Gasteiger partial charge in [-0.3, -0.25) is 0 Å². The Balaban J connectivity index is 2.55. The van der Waals surface area contributed by atoms with Crippen molar-refractivity contribution in [3.05, 3.63) is 60.8 Å². The van der Waals surface area contributed by atoms with E-state index in [9.17, 15) is 0 Å². The molecule has 0 aromatic rings. The lowest BCUT2D eigenvalue weighted by Crippen LogP contribution is -1.62. The van der Waals surface area contributed by atoms with E-state index < -0.39 is 0 Å². The molecule has 0 aromatic heterocycles. The van der Waals surface area contributed by atoms with Gasteiger partial charge in [-0.15, -0.1) is 0 Å². The zero-order chi connectivity index (χ0) is 8.49. The van der Waals surface area contributed by atoms with Crippen LogP contribution in [0.3, 0.4) is 0 Å². The maximum Gasteiger partial charge on any atom is -0.0163 e. The number of rotatable bonds is 0. The van der Waals surface area contributed by atoms with E-state index in [2.05, 4.69) is 42.5 Å². The zero-order valence-electron chi connectivity index (χ0n) is 7.11. The van der Waals surface area contributed by atoms with Gasteiger partial charge in [0.15, 0.2) is 0 Å². The quantitative estimate of drug-likeness (QED) is 0.505. The van der Waals surface area contributed by atoms with E-state index in [0.717, 1.165) is 12.8 Å². The number of hydrogen-bond donors (Lipinski definition) is 0. The topological polar surface area (TPSA) is 0 Å². The first-order valence-corrected chi connectivity index (χ1v) is 4.21. The number of allylic oxidation sites excluding steroid dienone is 10. The highest BCUT2D eigenvalue weighted by Crippen LogP contribution is 1.92. The van der Waals surface area contributed by atoms with E-state index in [1.807, 2.05) is 18.2 Å². The van der Waals surface area contributed by atoms with Crippen LogP contribution in [0.5, 0.6) is 0 Å². The normalized spacial score (nSPS) is 30.7. The molecule has 0 atom stereocenters. The first-order valence-electron chi connectivity index (χ1n) is 4.21. The van der Waals surface area contributed by atoms with Gasteiger partial charge in [-0.2, -0.15) is 0 Å². The standard InChI is InChI=1S/C12H13/c1-2-4-6-8-10-12-11-9-7-5-3-1/h1-4,7-11H,5-6H2/b3-1+,4-2-,9-7-,10-8-,12-11?. The van der Waals surface area contributed by atoms with Crippen molar-refractivity contribution in [2.75, 3.05) is 0 Å². The molecular weight excluding hydrogens is 144 g/mol. The summed E-state index contributed by atoms with van der Waals surface area (Å²) in [6.45, 7) is 0. The molecule has 0 nitrogen and oxygen atoms in total. The maximum absolute atomic E-state index is 3.05. The Kier molecular flexibility index (Phi) is 4.70. The van der Waals surface area contributed by atoms with E-state index in [4.69, 9.17) is 0 Å². The van der Waals surface area contributed by atoms with E-state index in [1.165, 1.54) is 0 Å². The molecule has 0 N–H and O–H groups in total. The van der Waals surface area contributed by atoms with E-state index in [-0.39, 0.29) is 0 Å². The minimum atomic E-state index is 0.981. The molecule has 61 valence electrons. The van der Waals surface area contributed by atoms with Crippen molar-refractivity contribution >= 4 is 0 Å². The van der Waals surface area contributed by atoms with Gasteiger partial charge in [0.05, 0.1) is 0 Å². The summed E-state index contributed by atoms with van der Waals surface area (Å²) in [4.78, 5) is 0. The van der Waals surface area contributed by atoms with Crippen molar-refractivity contribution in [3.63, 3.8) is 0 Å². The molecular formula is C12H13. The lowest BCUT2D eigenvalue weighted by Gasteiger charge is -1.82. The second-order valence-corrected chi connectivity index (χ2v) is 2.49. The third-order valence-electron chi connectivity index (χ3n) is 1.47. The second kappa shape index (κ2) is 6.41. The fourth-order valence-electron chi connectivity index (χ4n) is 0.865. The summed E-state index contributed by atoms with van der Waals surface area (Å²) < 4.78 is 0. The Hall–Kier alpha value is -1.30. The van der Waals surface area contributed by atoms with Crippen molar-refractivity contribution in [3.8, 4) is 0 Å². The first-order chi connectivity index (χ1) is 6.00. The van der Waals surface area contributed by atoms with E-state index in [0.29, 0.717) is 0 Å². The molecule has 12 heavy (non-hydrogen) atoms. The Morgan fingerprint density at radius 1 is 0.750 bits per heavy atom. The van der Waals surface area contributed by atoms with Gasteiger partial charge in [-0.1, -0.05) is 54.7 Å². The van der Waals surface area contributed by atoms with Crippen LogP contribution in [-0.2, 0) is 0 Å². The molecule has 0 bridgehead atoms.